The lowest BCUT2D eigenvalue weighted by Gasteiger charge is -2.16. The van der Waals surface area contributed by atoms with Gasteiger partial charge in [0.15, 0.2) is 0 Å². The van der Waals surface area contributed by atoms with E-state index in [0.29, 0.717) is 6.42 Å². The number of amides is 1. The van der Waals surface area contributed by atoms with Gasteiger partial charge >= 0.3 is 6.18 Å². The first-order valence-corrected chi connectivity index (χ1v) is 6.41. The van der Waals surface area contributed by atoms with Gasteiger partial charge in [0.25, 0.3) is 0 Å². The Hall–Kier alpha value is -1.43. The Morgan fingerprint density at radius 2 is 2.00 bits per heavy atom. The van der Waals surface area contributed by atoms with Crippen LogP contribution < -0.4 is 5.32 Å². The van der Waals surface area contributed by atoms with Crippen molar-refractivity contribution in [1.29, 1.82) is 0 Å². The molecule has 1 rings (SSSR count). The van der Waals surface area contributed by atoms with Gasteiger partial charge in [0.1, 0.15) is 0 Å². The molecule has 0 saturated carbocycles. The van der Waals surface area contributed by atoms with Crippen molar-refractivity contribution in [3.05, 3.63) is 28.8 Å². The van der Waals surface area contributed by atoms with Gasteiger partial charge < -0.3 is 10.2 Å². The maximum Gasteiger partial charge on any atom is 0.418 e. The van der Waals surface area contributed by atoms with Crippen molar-refractivity contribution in [2.45, 2.75) is 19.0 Å². The second kappa shape index (κ2) is 6.83. The van der Waals surface area contributed by atoms with Gasteiger partial charge in [-0.3, -0.25) is 4.79 Å². The molecule has 0 unspecified atom stereocenters. The molecule has 0 saturated heterocycles. The van der Waals surface area contributed by atoms with E-state index in [1.165, 1.54) is 17.0 Å². The van der Waals surface area contributed by atoms with Crippen LogP contribution >= 0.6 is 11.6 Å². The minimum absolute atomic E-state index is 0.0127. The summed E-state index contributed by atoms with van der Waals surface area (Å²) in [4.78, 5) is 12.8. The van der Waals surface area contributed by atoms with Gasteiger partial charge in [0.2, 0.25) is 5.91 Å². The predicted octanol–water partition coefficient (Wildman–Crippen LogP) is 3.64. The normalized spacial score (nSPS) is 11.3. The zero-order valence-electron chi connectivity index (χ0n) is 11.2. The second-order valence-corrected chi connectivity index (χ2v) is 4.89. The highest BCUT2D eigenvalue weighted by Gasteiger charge is 2.34. The first-order valence-electron chi connectivity index (χ1n) is 6.03. The molecule has 0 fully saturated rings. The van der Waals surface area contributed by atoms with E-state index in [2.05, 4.69) is 5.32 Å². The van der Waals surface area contributed by atoms with Crippen LogP contribution in [0.1, 0.15) is 18.4 Å². The molecule has 0 atom stereocenters. The van der Waals surface area contributed by atoms with Crippen LogP contribution in [-0.2, 0) is 11.0 Å². The fraction of sp³-hybridized carbons (Fsp3) is 0.462. The molecule has 0 aliphatic carbocycles. The fourth-order valence-electron chi connectivity index (χ4n) is 1.62. The topological polar surface area (TPSA) is 32.3 Å². The third kappa shape index (κ3) is 4.59. The zero-order chi connectivity index (χ0) is 15.3. The molecule has 1 aromatic rings. The highest BCUT2D eigenvalue weighted by atomic mass is 35.5. The molecule has 0 bridgehead atoms. The number of hydrogen-bond acceptors (Lipinski definition) is 2. The van der Waals surface area contributed by atoms with Crippen molar-refractivity contribution in [1.82, 2.24) is 4.90 Å². The summed E-state index contributed by atoms with van der Waals surface area (Å²) in [7, 11) is 3.26. The number of hydrogen-bond donors (Lipinski definition) is 1. The van der Waals surface area contributed by atoms with Crippen LogP contribution in [0.2, 0.25) is 5.02 Å². The van der Waals surface area contributed by atoms with Gasteiger partial charge in [-0.1, -0.05) is 17.7 Å². The number of para-hydroxylation sites is 1. The highest BCUT2D eigenvalue weighted by Crippen LogP contribution is 2.38. The van der Waals surface area contributed by atoms with E-state index in [1.54, 1.807) is 14.1 Å². The third-order valence-electron chi connectivity index (χ3n) is 2.69. The third-order valence-corrected chi connectivity index (χ3v) is 3.00. The lowest BCUT2D eigenvalue weighted by molar-refractivity contribution is -0.137. The number of carbonyl (C=O) groups excluding carboxylic acids is 1. The molecule has 1 aromatic carbocycles. The molecule has 20 heavy (non-hydrogen) atoms. The Labute approximate surface area is 120 Å². The SMILES string of the molecule is CN(C)C(=O)CCCNc1c(Cl)cccc1C(F)(F)F. The smallest absolute Gasteiger partial charge is 0.383 e. The summed E-state index contributed by atoms with van der Waals surface area (Å²) in [6.07, 6.45) is -3.77. The van der Waals surface area contributed by atoms with Gasteiger partial charge in [0.05, 0.1) is 16.3 Å². The molecule has 0 spiro atoms. The Morgan fingerprint density at radius 3 is 2.55 bits per heavy atom. The Morgan fingerprint density at radius 1 is 1.35 bits per heavy atom. The molecule has 0 aliphatic rings. The predicted molar refractivity (Wildman–Crippen MR) is 72.9 cm³/mol. The maximum absolute atomic E-state index is 12.8. The van der Waals surface area contributed by atoms with Crippen LogP contribution in [0.25, 0.3) is 0 Å². The molecule has 1 amide bonds. The molecular weight excluding hydrogens is 293 g/mol. The van der Waals surface area contributed by atoms with Crippen molar-refractivity contribution in [2.75, 3.05) is 26.0 Å². The van der Waals surface area contributed by atoms with Crippen molar-refractivity contribution in [2.24, 2.45) is 0 Å². The first kappa shape index (κ1) is 16.6. The zero-order valence-corrected chi connectivity index (χ0v) is 12.0. The highest BCUT2D eigenvalue weighted by molar-refractivity contribution is 6.33. The van der Waals surface area contributed by atoms with Crippen LogP contribution in [-0.4, -0.2) is 31.4 Å². The summed E-state index contributed by atoms with van der Waals surface area (Å²) in [6, 6.07) is 3.62. The number of halogens is 4. The number of rotatable bonds is 5. The summed E-state index contributed by atoms with van der Waals surface area (Å²) in [5.41, 5.74) is -0.942. The van der Waals surface area contributed by atoms with Crippen molar-refractivity contribution >= 4 is 23.2 Å². The average Bonchev–Trinajstić information content (AvgIpc) is 2.34. The van der Waals surface area contributed by atoms with Crippen molar-refractivity contribution in [3.63, 3.8) is 0 Å². The Bertz CT molecular complexity index is 475. The number of carbonyl (C=O) groups is 1. The summed E-state index contributed by atoms with van der Waals surface area (Å²) in [6.45, 7) is 0.242. The molecule has 0 aliphatic heterocycles. The fourth-order valence-corrected chi connectivity index (χ4v) is 1.86. The molecule has 3 nitrogen and oxygen atoms in total. The molecule has 0 aromatic heterocycles. The minimum Gasteiger partial charge on any atom is -0.383 e. The number of anilines is 1. The number of nitrogens with one attached hydrogen (secondary N) is 1. The quantitative estimate of drug-likeness (QED) is 0.842. The molecule has 1 N–H and O–H groups in total. The molecule has 0 heterocycles. The van der Waals surface area contributed by atoms with Gasteiger partial charge in [0, 0.05) is 27.1 Å². The lowest BCUT2D eigenvalue weighted by Crippen LogP contribution is -2.22. The van der Waals surface area contributed by atoms with Gasteiger partial charge in [-0.15, -0.1) is 0 Å². The van der Waals surface area contributed by atoms with Gasteiger partial charge in [-0.25, -0.2) is 0 Å². The van der Waals surface area contributed by atoms with E-state index >= 15 is 0 Å². The van der Waals surface area contributed by atoms with E-state index in [-0.39, 0.29) is 29.6 Å². The maximum atomic E-state index is 12.8. The Kier molecular flexibility index (Phi) is 5.68. The minimum atomic E-state index is -4.47. The van der Waals surface area contributed by atoms with Crippen LogP contribution in [0.4, 0.5) is 18.9 Å². The first-order chi connectivity index (χ1) is 9.23. The van der Waals surface area contributed by atoms with Crippen LogP contribution in [0.3, 0.4) is 0 Å². The lowest BCUT2D eigenvalue weighted by atomic mass is 10.1. The van der Waals surface area contributed by atoms with E-state index < -0.39 is 11.7 Å². The number of benzene rings is 1. The molecular formula is C13H16ClF3N2O. The average molecular weight is 309 g/mol. The van der Waals surface area contributed by atoms with E-state index in [0.717, 1.165) is 6.07 Å². The summed E-state index contributed by atoms with van der Waals surface area (Å²) in [5, 5.41) is 2.67. The monoisotopic (exact) mass is 308 g/mol. The Balaban J connectivity index is 2.67. The summed E-state index contributed by atoms with van der Waals surface area (Å²) in [5.74, 6) is -0.0676. The number of alkyl halides is 3. The van der Waals surface area contributed by atoms with E-state index in [4.69, 9.17) is 11.6 Å². The van der Waals surface area contributed by atoms with E-state index in [9.17, 15) is 18.0 Å². The molecule has 112 valence electrons. The summed E-state index contributed by atoms with van der Waals surface area (Å²) >= 11 is 5.79. The van der Waals surface area contributed by atoms with Crippen LogP contribution in [0.5, 0.6) is 0 Å². The standard InChI is InChI=1S/C13H16ClF3N2O/c1-19(2)11(20)7-4-8-18-12-9(13(15,16)17)5-3-6-10(12)14/h3,5-6,18H,4,7-8H2,1-2H3. The van der Waals surface area contributed by atoms with Crippen molar-refractivity contribution in [3.8, 4) is 0 Å². The summed E-state index contributed by atoms with van der Waals surface area (Å²) < 4.78 is 38.4. The van der Waals surface area contributed by atoms with Crippen LogP contribution in [0.15, 0.2) is 18.2 Å². The molecule has 7 heteroatoms. The van der Waals surface area contributed by atoms with Gasteiger partial charge in [-0.05, 0) is 18.6 Å². The largest absolute Gasteiger partial charge is 0.418 e. The second-order valence-electron chi connectivity index (χ2n) is 4.48. The molecule has 0 radical (unpaired) electrons. The van der Waals surface area contributed by atoms with Crippen LogP contribution in [0, 0.1) is 0 Å². The van der Waals surface area contributed by atoms with Crippen molar-refractivity contribution < 1.29 is 18.0 Å². The van der Waals surface area contributed by atoms with E-state index in [1.807, 2.05) is 0 Å². The van der Waals surface area contributed by atoms with Gasteiger partial charge in [-0.2, -0.15) is 13.2 Å². The number of nitrogens with zero attached hydrogens (tertiary/aromatic N) is 1.